The van der Waals surface area contributed by atoms with Crippen LogP contribution in [-0.4, -0.2) is 26.6 Å². The Kier molecular flexibility index (Phi) is 5.04. The first-order valence-electron chi connectivity index (χ1n) is 8.10. The highest BCUT2D eigenvalue weighted by molar-refractivity contribution is 7.90. The van der Waals surface area contributed by atoms with Crippen LogP contribution in [0.1, 0.15) is 30.1 Å². The molecule has 1 aliphatic carbocycles. The third-order valence-corrected chi connectivity index (χ3v) is 5.88. The number of benzene rings is 1. The second-order valence-corrected chi connectivity index (χ2v) is 8.37. The Labute approximate surface area is 142 Å². The fraction of sp³-hybridized carbons (Fsp3) is 0.389. The van der Waals surface area contributed by atoms with E-state index in [1.807, 2.05) is 30.3 Å². The van der Waals surface area contributed by atoms with Crippen molar-refractivity contribution in [3.8, 4) is 0 Å². The van der Waals surface area contributed by atoms with Gasteiger partial charge in [-0.3, -0.25) is 4.79 Å². The number of hydrogen-bond donors (Lipinski definition) is 1. The summed E-state index contributed by atoms with van der Waals surface area (Å²) in [4.78, 5) is 12.0. The molecule has 1 saturated carbocycles. The molecule has 128 valence electrons. The molecule has 0 aliphatic heterocycles. The number of furan rings is 1. The van der Waals surface area contributed by atoms with Gasteiger partial charge in [0, 0.05) is 18.4 Å². The van der Waals surface area contributed by atoms with Gasteiger partial charge in [0.05, 0.1) is 17.8 Å². The van der Waals surface area contributed by atoms with Gasteiger partial charge in [-0.1, -0.05) is 30.3 Å². The lowest BCUT2D eigenvalue weighted by atomic mass is 10.2. The Morgan fingerprint density at radius 3 is 2.67 bits per heavy atom. The minimum atomic E-state index is -3.15. The van der Waals surface area contributed by atoms with Crippen molar-refractivity contribution < 1.29 is 17.6 Å². The smallest absolute Gasteiger partial charge is 0.223 e. The van der Waals surface area contributed by atoms with Gasteiger partial charge in [0.2, 0.25) is 5.91 Å². The van der Waals surface area contributed by atoms with Crippen LogP contribution < -0.4 is 5.32 Å². The molecule has 0 bridgehead atoms. The molecule has 1 aromatic carbocycles. The predicted molar refractivity (Wildman–Crippen MR) is 91.1 cm³/mol. The summed E-state index contributed by atoms with van der Waals surface area (Å²) in [5.74, 6) is 1.08. The van der Waals surface area contributed by atoms with Crippen LogP contribution in [0.5, 0.6) is 0 Å². The van der Waals surface area contributed by atoms with E-state index >= 15 is 0 Å². The summed E-state index contributed by atoms with van der Waals surface area (Å²) in [5.41, 5.74) is 0.792. The second-order valence-electron chi connectivity index (χ2n) is 6.19. The Balaban J connectivity index is 1.37. The number of nitrogens with one attached hydrogen (secondary N) is 1. The van der Waals surface area contributed by atoms with E-state index in [1.54, 1.807) is 18.4 Å². The molecule has 3 rings (SSSR count). The van der Waals surface area contributed by atoms with Gasteiger partial charge in [-0.25, -0.2) is 8.42 Å². The van der Waals surface area contributed by atoms with Crippen molar-refractivity contribution in [3.63, 3.8) is 0 Å². The summed E-state index contributed by atoms with van der Waals surface area (Å²) in [5, 5.41) is 2.83. The zero-order valence-corrected chi connectivity index (χ0v) is 14.2. The van der Waals surface area contributed by atoms with E-state index in [0.29, 0.717) is 13.0 Å². The first-order valence-corrected chi connectivity index (χ1v) is 9.93. The lowest BCUT2D eigenvalue weighted by molar-refractivity contribution is -0.122. The van der Waals surface area contributed by atoms with Crippen LogP contribution in [0.15, 0.2) is 53.1 Å². The number of sulfone groups is 1. The van der Waals surface area contributed by atoms with E-state index in [1.165, 1.54) is 0 Å². The molecule has 1 aromatic heterocycles. The highest BCUT2D eigenvalue weighted by Crippen LogP contribution is 2.47. The Bertz CT molecular complexity index is 769. The lowest BCUT2D eigenvalue weighted by Crippen LogP contribution is -2.27. The number of carbonyl (C=O) groups is 1. The van der Waals surface area contributed by atoms with Crippen molar-refractivity contribution in [1.82, 2.24) is 5.32 Å². The van der Waals surface area contributed by atoms with Gasteiger partial charge in [0.15, 0.2) is 9.84 Å². The van der Waals surface area contributed by atoms with Gasteiger partial charge in [0.25, 0.3) is 0 Å². The van der Waals surface area contributed by atoms with E-state index < -0.39 is 9.84 Å². The van der Waals surface area contributed by atoms with Crippen LogP contribution in [0.4, 0.5) is 0 Å². The molecule has 6 heteroatoms. The maximum atomic E-state index is 12.1. The van der Waals surface area contributed by atoms with Gasteiger partial charge in [-0.15, -0.1) is 0 Å². The molecule has 1 heterocycles. The largest absolute Gasteiger partial charge is 0.469 e. The molecule has 0 radical (unpaired) electrons. The topological polar surface area (TPSA) is 76.4 Å². The van der Waals surface area contributed by atoms with E-state index in [-0.39, 0.29) is 29.2 Å². The monoisotopic (exact) mass is 347 g/mol. The van der Waals surface area contributed by atoms with E-state index in [4.69, 9.17) is 4.42 Å². The van der Waals surface area contributed by atoms with Gasteiger partial charge in [-0.2, -0.15) is 0 Å². The highest BCUT2D eigenvalue weighted by atomic mass is 32.2. The van der Waals surface area contributed by atoms with Crippen LogP contribution in [0.3, 0.4) is 0 Å². The quantitative estimate of drug-likeness (QED) is 0.745. The fourth-order valence-electron chi connectivity index (χ4n) is 2.84. The summed E-state index contributed by atoms with van der Waals surface area (Å²) in [7, 11) is -3.15. The van der Waals surface area contributed by atoms with Crippen molar-refractivity contribution >= 4 is 15.7 Å². The molecule has 5 nitrogen and oxygen atoms in total. The molecule has 2 atom stereocenters. The van der Waals surface area contributed by atoms with Gasteiger partial charge >= 0.3 is 0 Å². The molecule has 0 saturated heterocycles. The Morgan fingerprint density at radius 2 is 1.96 bits per heavy atom. The van der Waals surface area contributed by atoms with Crippen molar-refractivity contribution in [3.05, 3.63) is 60.1 Å². The SMILES string of the molecule is O=C(NCCCS(=O)(=O)Cc1ccccc1)C1CC1c1ccco1. The summed E-state index contributed by atoms with van der Waals surface area (Å²) in [6, 6.07) is 12.8. The van der Waals surface area contributed by atoms with E-state index in [0.717, 1.165) is 17.7 Å². The number of rotatable bonds is 8. The number of amides is 1. The molecule has 1 amide bonds. The molecule has 24 heavy (non-hydrogen) atoms. The van der Waals surface area contributed by atoms with Crippen LogP contribution in [0.25, 0.3) is 0 Å². The molecule has 0 spiro atoms. The van der Waals surface area contributed by atoms with E-state index in [2.05, 4.69) is 5.32 Å². The van der Waals surface area contributed by atoms with Crippen molar-refractivity contribution in [2.75, 3.05) is 12.3 Å². The molecule has 1 aliphatic rings. The Morgan fingerprint density at radius 1 is 1.17 bits per heavy atom. The third kappa shape index (κ3) is 4.47. The lowest BCUT2D eigenvalue weighted by Gasteiger charge is -2.06. The first-order chi connectivity index (χ1) is 11.6. The van der Waals surface area contributed by atoms with Crippen molar-refractivity contribution in [2.24, 2.45) is 5.92 Å². The van der Waals surface area contributed by atoms with Gasteiger partial charge in [-0.05, 0) is 30.5 Å². The highest BCUT2D eigenvalue weighted by Gasteiger charge is 2.45. The van der Waals surface area contributed by atoms with Crippen molar-refractivity contribution in [2.45, 2.75) is 24.5 Å². The minimum Gasteiger partial charge on any atom is -0.469 e. The van der Waals surface area contributed by atoms with Crippen LogP contribution >= 0.6 is 0 Å². The maximum absolute atomic E-state index is 12.1. The molecule has 2 aromatic rings. The minimum absolute atomic E-state index is 0.0168. The zero-order valence-electron chi connectivity index (χ0n) is 13.4. The average Bonchev–Trinajstić information content (AvgIpc) is 3.17. The average molecular weight is 347 g/mol. The fourth-order valence-corrected chi connectivity index (χ4v) is 4.27. The Hall–Kier alpha value is -2.08. The molecule has 1 fully saturated rings. The van der Waals surface area contributed by atoms with Crippen LogP contribution in [0.2, 0.25) is 0 Å². The second kappa shape index (κ2) is 7.21. The number of hydrogen-bond acceptors (Lipinski definition) is 4. The summed E-state index contributed by atoms with van der Waals surface area (Å²) in [6.07, 6.45) is 2.84. The van der Waals surface area contributed by atoms with Crippen LogP contribution in [0, 0.1) is 5.92 Å². The summed E-state index contributed by atoms with van der Waals surface area (Å²) in [6.45, 7) is 0.383. The normalized spacial score (nSPS) is 19.8. The molecule has 1 N–H and O–H groups in total. The van der Waals surface area contributed by atoms with E-state index in [9.17, 15) is 13.2 Å². The molecular weight excluding hydrogens is 326 g/mol. The molecular formula is C18H21NO4S. The van der Waals surface area contributed by atoms with Gasteiger partial charge < -0.3 is 9.73 Å². The standard InChI is InChI=1S/C18H21NO4S/c20-18(16-12-15(16)17-8-4-10-23-17)19-9-5-11-24(21,22)13-14-6-2-1-3-7-14/h1-4,6-8,10,15-16H,5,9,11-13H2,(H,19,20). The zero-order chi connectivity index (χ0) is 17.0. The van der Waals surface area contributed by atoms with Crippen LogP contribution in [-0.2, 0) is 20.4 Å². The van der Waals surface area contributed by atoms with Crippen molar-refractivity contribution in [1.29, 1.82) is 0 Å². The summed E-state index contributed by atoms with van der Waals surface area (Å²) < 4.78 is 29.5. The predicted octanol–water partition coefficient (Wildman–Crippen LogP) is 2.50. The third-order valence-electron chi connectivity index (χ3n) is 4.20. The first kappa shape index (κ1) is 16.8. The maximum Gasteiger partial charge on any atom is 0.223 e. The summed E-state index contributed by atoms with van der Waals surface area (Å²) >= 11 is 0. The molecule has 2 unspecified atom stereocenters. The van der Waals surface area contributed by atoms with Gasteiger partial charge in [0.1, 0.15) is 5.76 Å². The number of carbonyl (C=O) groups excluding carboxylic acids is 1.